The van der Waals surface area contributed by atoms with Crippen molar-refractivity contribution in [3.05, 3.63) is 11.8 Å². The van der Waals surface area contributed by atoms with Crippen molar-refractivity contribution in [1.82, 2.24) is 19.6 Å². The minimum Gasteiger partial charge on any atom is -0.444 e. The lowest BCUT2D eigenvalue weighted by molar-refractivity contribution is -0.128. The topological polar surface area (TPSA) is 80.1 Å². The first kappa shape index (κ1) is 22.0. The predicted octanol–water partition coefficient (Wildman–Crippen LogP) is 1.50. The average Bonchev–Trinajstić information content (AvgIpc) is 2.64. The van der Waals surface area contributed by atoms with Gasteiger partial charge in [0.25, 0.3) is 5.91 Å². The van der Waals surface area contributed by atoms with Gasteiger partial charge in [0.15, 0.2) is 0 Å². The first-order valence-corrected chi connectivity index (χ1v) is 9.90. The van der Waals surface area contributed by atoms with Gasteiger partial charge < -0.3 is 24.3 Å². The van der Waals surface area contributed by atoms with Crippen molar-refractivity contribution >= 4 is 12.0 Å². The van der Waals surface area contributed by atoms with Gasteiger partial charge in [-0.25, -0.2) is 4.79 Å². The number of hydrogen-bond donors (Lipinski definition) is 0. The molecule has 0 radical (unpaired) electrons. The minimum absolute atomic E-state index is 0.146. The molecule has 0 unspecified atom stereocenters. The maximum Gasteiger partial charge on any atom is 0.410 e. The van der Waals surface area contributed by atoms with Crippen LogP contribution in [0, 0.1) is 11.3 Å². The Balaban J connectivity index is 1.91. The van der Waals surface area contributed by atoms with Crippen LogP contribution >= 0.6 is 0 Å². The van der Waals surface area contributed by atoms with Crippen LogP contribution in [-0.2, 0) is 9.53 Å². The van der Waals surface area contributed by atoms with Crippen LogP contribution in [0.4, 0.5) is 4.79 Å². The third-order valence-electron chi connectivity index (χ3n) is 5.18. The van der Waals surface area contributed by atoms with E-state index in [4.69, 9.17) is 4.74 Å². The Bertz CT molecular complexity index is 633. The number of ether oxygens (including phenoxy) is 1. The fourth-order valence-corrected chi connectivity index (χ4v) is 3.41. The summed E-state index contributed by atoms with van der Waals surface area (Å²) in [6, 6.07) is 2.23. The third kappa shape index (κ3) is 6.13. The van der Waals surface area contributed by atoms with E-state index < -0.39 is 5.60 Å². The molecule has 2 amide bonds. The first-order chi connectivity index (χ1) is 13.1. The fraction of sp³-hybridized carbons (Fsp3) is 0.750. The van der Waals surface area contributed by atoms with E-state index in [1.54, 1.807) is 23.0 Å². The van der Waals surface area contributed by atoms with Gasteiger partial charge in [-0.1, -0.05) is 0 Å². The molecule has 0 N–H and O–H groups in total. The summed E-state index contributed by atoms with van der Waals surface area (Å²) in [5.74, 6) is -0.230. The smallest absolute Gasteiger partial charge is 0.410 e. The Morgan fingerprint density at radius 2 is 1.68 bits per heavy atom. The van der Waals surface area contributed by atoms with Gasteiger partial charge >= 0.3 is 6.09 Å². The monoisotopic (exact) mass is 391 g/mol. The summed E-state index contributed by atoms with van der Waals surface area (Å²) in [6.45, 7) is 9.58. The molecule has 156 valence electrons. The van der Waals surface area contributed by atoms with Crippen molar-refractivity contribution in [2.24, 2.45) is 0 Å². The van der Waals surface area contributed by atoms with Crippen LogP contribution < -0.4 is 0 Å². The summed E-state index contributed by atoms with van der Waals surface area (Å²) in [5, 5.41) is 9.50. The number of piperidine rings is 1. The summed E-state index contributed by atoms with van der Waals surface area (Å²) in [4.78, 5) is 32.5. The van der Waals surface area contributed by atoms with Gasteiger partial charge in [0.2, 0.25) is 0 Å². The number of carbonyl (C=O) groups excluding carboxylic acids is 2. The van der Waals surface area contributed by atoms with Crippen LogP contribution in [0.1, 0.15) is 33.6 Å². The summed E-state index contributed by atoms with van der Waals surface area (Å²) in [5.41, 5.74) is -0.375. The van der Waals surface area contributed by atoms with E-state index >= 15 is 0 Å². The molecule has 0 bridgehead atoms. The minimum atomic E-state index is -0.521. The van der Waals surface area contributed by atoms with E-state index in [0.717, 1.165) is 25.9 Å². The summed E-state index contributed by atoms with van der Waals surface area (Å²) in [7, 11) is 3.86. The van der Waals surface area contributed by atoms with Gasteiger partial charge in [-0.3, -0.25) is 4.79 Å². The second-order valence-electron chi connectivity index (χ2n) is 8.61. The number of hydrogen-bond acceptors (Lipinski definition) is 6. The Labute approximate surface area is 168 Å². The van der Waals surface area contributed by atoms with E-state index in [0.29, 0.717) is 26.2 Å². The van der Waals surface area contributed by atoms with Crippen LogP contribution in [0.25, 0.3) is 0 Å². The van der Waals surface area contributed by atoms with Crippen molar-refractivity contribution in [2.45, 2.75) is 45.3 Å². The molecule has 0 atom stereocenters. The molecule has 2 fully saturated rings. The van der Waals surface area contributed by atoms with E-state index in [1.165, 1.54) is 0 Å². The van der Waals surface area contributed by atoms with Gasteiger partial charge in [0, 0.05) is 45.5 Å². The van der Waals surface area contributed by atoms with Crippen LogP contribution in [0.2, 0.25) is 0 Å². The molecule has 2 rings (SSSR count). The molecule has 8 nitrogen and oxygen atoms in total. The van der Waals surface area contributed by atoms with Gasteiger partial charge in [0.05, 0.1) is 0 Å². The van der Waals surface area contributed by atoms with E-state index in [2.05, 4.69) is 18.0 Å². The molecule has 2 heterocycles. The van der Waals surface area contributed by atoms with Gasteiger partial charge in [-0.05, 0) is 53.8 Å². The molecule has 0 saturated carbocycles. The van der Waals surface area contributed by atoms with Gasteiger partial charge in [-0.2, -0.15) is 5.26 Å². The number of nitriles is 1. The zero-order valence-electron chi connectivity index (χ0n) is 17.8. The standard InChI is InChI=1S/C20H33N5O3/c1-20(2,3)28-19(27)25-12-10-24(11-13-25)15-16(14-21)18(26)23(5)17-6-8-22(4)9-7-17/h15,17H,6-13H2,1-5H3/b16-15-. The van der Waals surface area contributed by atoms with Crippen molar-refractivity contribution < 1.29 is 14.3 Å². The molecule has 28 heavy (non-hydrogen) atoms. The van der Waals surface area contributed by atoms with E-state index in [-0.39, 0.29) is 23.6 Å². The fourth-order valence-electron chi connectivity index (χ4n) is 3.41. The maximum absolute atomic E-state index is 12.8. The van der Waals surface area contributed by atoms with Crippen molar-refractivity contribution in [2.75, 3.05) is 53.4 Å². The number of nitrogens with zero attached hydrogens (tertiary/aromatic N) is 5. The molecule has 2 aliphatic heterocycles. The highest BCUT2D eigenvalue weighted by Gasteiger charge is 2.28. The first-order valence-electron chi connectivity index (χ1n) is 9.90. The predicted molar refractivity (Wildman–Crippen MR) is 106 cm³/mol. The Hall–Kier alpha value is -2.27. The number of likely N-dealkylation sites (tertiary alicyclic amines) is 1. The van der Waals surface area contributed by atoms with Crippen molar-refractivity contribution in [1.29, 1.82) is 5.26 Å². The highest BCUT2D eigenvalue weighted by Crippen LogP contribution is 2.17. The van der Waals surface area contributed by atoms with Crippen molar-refractivity contribution in [3.8, 4) is 6.07 Å². The lowest BCUT2D eigenvalue weighted by Crippen LogP contribution is -2.49. The SMILES string of the molecule is CN1CCC(N(C)C(=O)/C(C#N)=C\N2CCN(C(=O)OC(C)(C)C)CC2)CC1. The normalized spacial score (nSPS) is 19.9. The Kier molecular flexibility index (Phi) is 7.30. The zero-order chi connectivity index (χ0) is 20.9. The quantitative estimate of drug-likeness (QED) is 0.536. The number of amides is 2. The zero-order valence-corrected chi connectivity index (χ0v) is 17.8. The molecule has 0 aromatic heterocycles. The summed E-state index contributed by atoms with van der Waals surface area (Å²) >= 11 is 0. The van der Waals surface area contributed by atoms with Crippen molar-refractivity contribution in [3.63, 3.8) is 0 Å². The summed E-state index contributed by atoms with van der Waals surface area (Å²) < 4.78 is 5.40. The van der Waals surface area contributed by atoms with E-state index in [1.807, 2.05) is 25.7 Å². The van der Waals surface area contributed by atoms with Crippen LogP contribution in [0.5, 0.6) is 0 Å². The highest BCUT2D eigenvalue weighted by atomic mass is 16.6. The second-order valence-corrected chi connectivity index (χ2v) is 8.61. The van der Waals surface area contributed by atoms with Gasteiger partial charge in [-0.15, -0.1) is 0 Å². The molecular weight excluding hydrogens is 358 g/mol. The number of piperazine rings is 1. The maximum atomic E-state index is 12.8. The molecule has 2 aliphatic rings. The lowest BCUT2D eigenvalue weighted by Gasteiger charge is -2.36. The third-order valence-corrected chi connectivity index (χ3v) is 5.18. The molecule has 0 aromatic carbocycles. The summed E-state index contributed by atoms with van der Waals surface area (Å²) in [6.07, 6.45) is 3.16. The second kappa shape index (κ2) is 9.28. The molecule has 0 spiro atoms. The number of rotatable bonds is 3. The largest absolute Gasteiger partial charge is 0.444 e. The van der Waals surface area contributed by atoms with Crippen LogP contribution in [-0.4, -0.2) is 96.6 Å². The van der Waals surface area contributed by atoms with Crippen LogP contribution in [0.3, 0.4) is 0 Å². The molecule has 0 aliphatic carbocycles. The van der Waals surface area contributed by atoms with E-state index in [9.17, 15) is 14.9 Å². The highest BCUT2D eigenvalue weighted by molar-refractivity contribution is 5.97. The average molecular weight is 392 g/mol. The number of likely N-dealkylation sites (N-methyl/N-ethyl adjacent to an activating group) is 1. The van der Waals surface area contributed by atoms with Crippen LogP contribution in [0.15, 0.2) is 11.8 Å². The lowest BCUT2D eigenvalue weighted by atomic mass is 10.0. The number of carbonyl (C=O) groups is 2. The molecule has 0 aromatic rings. The molecule has 2 saturated heterocycles. The Morgan fingerprint density at radius 1 is 1.11 bits per heavy atom. The Morgan fingerprint density at radius 3 is 2.18 bits per heavy atom. The molecule has 8 heteroatoms. The van der Waals surface area contributed by atoms with Gasteiger partial charge in [0.1, 0.15) is 17.2 Å². The molecular formula is C20H33N5O3.